The van der Waals surface area contributed by atoms with Crippen molar-refractivity contribution in [2.75, 3.05) is 0 Å². The van der Waals surface area contributed by atoms with Gasteiger partial charge >= 0.3 is 5.97 Å². The minimum Gasteiger partial charge on any atom is -0.481 e. The Labute approximate surface area is 240 Å². The van der Waals surface area contributed by atoms with E-state index in [4.69, 9.17) is 4.98 Å². The highest BCUT2D eigenvalue weighted by Gasteiger charge is 2.59. The number of aryl methyl sites for hydroxylation is 1. The summed E-state index contributed by atoms with van der Waals surface area (Å²) < 4.78 is 2.36. The normalized spacial score (nSPS) is 23.7. The summed E-state index contributed by atoms with van der Waals surface area (Å²) in [6.45, 7) is 1.92. The summed E-state index contributed by atoms with van der Waals surface area (Å²) in [4.78, 5) is 45.0. The van der Waals surface area contributed by atoms with Gasteiger partial charge in [-0.2, -0.15) is 0 Å². The van der Waals surface area contributed by atoms with Gasteiger partial charge in [-0.15, -0.1) is 0 Å². The number of aromatic nitrogens is 2. The average molecular weight is 601 g/mol. The molecule has 1 atom stereocenters. The van der Waals surface area contributed by atoms with E-state index in [0.717, 1.165) is 26.7 Å². The van der Waals surface area contributed by atoms with E-state index in [0.29, 0.717) is 48.7 Å². The van der Waals surface area contributed by atoms with Gasteiger partial charge in [0.25, 0.3) is 11.5 Å². The molecule has 8 heteroatoms. The van der Waals surface area contributed by atoms with Gasteiger partial charge in [-0.3, -0.25) is 14.4 Å². The smallest absolute Gasteiger partial charge is 0.309 e. The molecule has 0 aliphatic heterocycles. The molecule has 2 aromatic heterocycles. The van der Waals surface area contributed by atoms with Crippen LogP contribution in [-0.2, 0) is 11.8 Å². The van der Waals surface area contributed by atoms with Crippen LogP contribution < -0.4 is 10.9 Å². The van der Waals surface area contributed by atoms with Crippen LogP contribution in [0.3, 0.4) is 0 Å². The Morgan fingerprint density at radius 2 is 1.77 bits per heavy atom. The lowest BCUT2D eigenvalue weighted by atomic mass is 9.51. The molecule has 3 aliphatic rings. The molecule has 3 aliphatic carbocycles. The molecule has 0 radical (unpaired) electrons. The second-order valence-corrected chi connectivity index (χ2v) is 12.2. The highest BCUT2D eigenvalue weighted by atomic mass is 79.9. The second kappa shape index (κ2) is 9.70. The molecule has 4 aromatic rings. The van der Waals surface area contributed by atoms with Crippen molar-refractivity contribution in [1.82, 2.24) is 14.9 Å². The van der Waals surface area contributed by atoms with Crippen molar-refractivity contribution >= 4 is 38.7 Å². The van der Waals surface area contributed by atoms with Crippen molar-refractivity contribution in [2.45, 2.75) is 50.5 Å². The van der Waals surface area contributed by atoms with Crippen molar-refractivity contribution in [1.29, 1.82) is 0 Å². The number of carbonyl (C=O) groups excluding carboxylic acids is 1. The molecule has 40 heavy (non-hydrogen) atoms. The zero-order valence-electron chi connectivity index (χ0n) is 22.4. The number of fused-ring (bicyclic) bond motifs is 4. The molecule has 204 valence electrons. The first kappa shape index (κ1) is 26.4. The number of halogens is 1. The summed E-state index contributed by atoms with van der Waals surface area (Å²) >= 11 is 3.56. The quantitative estimate of drug-likeness (QED) is 0.294. The van der Waals surface area contributed by atoms with Gasteiger partial charge in [0.15, 0.2) is 0 Å². The number of nitrogens with one attached hydrogen (secondary N) is 1. The molecule has 0 saturated heterocycles. The largest absolute Gasteiger partial charge is 0.481 e. The molecule has 7 rings (SSSR count). The number of carboxylic acids is 1. The summed E-state index contributed by atoms with van der Waals surface area (Å²) in [6.07, 6.45) is 3.92. The fraction of sp³-hybridized carbons (Fsp3) is 0.312. The molecular formula is C32H30BrN3O4. The lowest BCUT2D eigenvalue weighted by Gasteiger charge is -2.56. The van der Waals surface area contributed by atoms with Crippen molar-refractivity contribution in [3.8, 4) is 11.3 Å². The zero-order valence-corrected chi connectivity index (χ0v) is 24.0. The lowest BCUT2D eigenvalue weighted by Crippen LogP contribution is -2.63. The first-order valence-electron chi connectivity index (χ1n) is 13.5. The second-order valence-electron chi connectivity index (χ2n) is 11.3. The Morgan fingerprint density at radius 3 is 2.48 bits per heavy atom. The van der Waals surface area contributed by atoms with Crippen LogP contribution in [0.15, 0.2) is 76.1 Å². The maximum atomic E-state index is 14.4. The Kier molecular flexibility index (Phi) is 6.41. The van der Waals surface area contributed by atoms with Gasteiger partial charge < -0.3 is 15.0 Å². The minimum atomic E-state index is -0.886. The molecule has 2 heterocycles. The van der Waals surface area contributed by atoms with Gasteiger partial charge in [-0.05, 0) is 68.9 Å². The number of carboxylic acid groups (broad SMARTS) is 1. The molecule has 3 saturated carbocycles. The number of benzene rings is 2. The van der Waals surface area contributed by atoms with Crippen LogP contribution in [0.4, 0.5) is 0 Å². The summed E-state index contributed by atoms with van der Waals surface area (Å²) in [7, 11) is 1.70. The van der Waals surface area contributed by atoms with Crippen molar-refractivity contribution in [3.63, 3.8) is 0 Å². The SMILES string of the molecule is Cc1c(-c2ccccc2)nc2ccc(Br)cc2c1C(=O)NC12CCC(C(=O)O)(CC1)CC2c1cccn(C)c1=O. The maximum absolute atomic E-state index is 14.4. The number of hydrogen-bond donors (Lipinski definition) is 2. The first-order valence-corrected chi connectivity index (χ1v) is 14.3. The number of nitrogens with zero attached hydrogens (tertiary/aromatic N) is 2. The van der Waals surface area contributed by atoms with Crippen LogP contribution in [0.5, 0.6) is 0 Å². The van der Waals surface area contributed by atoms with Gasteiger partial charge in [0.2, 0.25) is 0 Å². The molecule has 2 bridgehead atoms. The van der Waals surface area contributed by atoms with Crippen molar-refractivity contribution in [3.05, 3.63) is 98.4 Å². The molecule has 2 N–H and O–H groups in total. The van der Waals surface area contributed by atoms with Gasteiger partial charge in [0, 0.05) is 45.7 Å². The third-order valence-electron chi connectivity index (χ3n) is 9.17. The van der Waals surface area contributed by atoms with Gasteiger partial charge in [0.1, 0.15) is 0 Å². The predicted molar refractivity (Wildman–Crippen MR) is 157 cm³/mol. The molecule has 1 unspecified atom stereocenters. The lowest BCUT2D eigenvalue weighted by molar-refractivity contribution is -0.157. The van der Waals surface area contributed by atoms with E-state index >= 15 is 0 Å². The number of aliphatic carboxylic acids is 1. The molecule has 3 fully saturated rings. The first-order chi connectivity index (χ1) is 19.1. The number of rotatable bonds is 5. The molecule has 0 spiro atoms. The van der Waals surface area contributed by atoms with Crippen molar-refractivity contribution < 1.29 is 14.7 Å². The van der Waals surface area contributed by atoms with E-state index in [2.05, 4.69) is 21.2 Å². The molecular weight excluding hydrogens is 570 g/mol. The third kappa shape index (κ3) is 4.17. The molecule has 7 nitrogen and oxygen atoms in total. The Bertz CT molecular complexity index is 1720. The van der Waals surface area contributed by atoms with E-state index in [1.165, 1.54) is 4.57 Å². The number of hydrogen-bond acceptors (Lipinski definition) is 4. The standard InChI is InChI=1S/C32H30BrN3O4/c1-19-26(23-17-21(33)10-11-25(23)34-27(19)20-7-4-3-5-8-20)28(37)35-32-14-12-31(13-15-32,30(39)40)18-24(32)22-9-6-16-36(2)29(22)38/h3-11,16-17,24H,12-15,18H2,1-2H3,(H,35,37)(H,39,40). The minimum absolute atomic E-state index is 0.157. The summed E-state index contributed by atoms with van der Waals surface area (Å²) in [5.41, 5.74) is 2.46. The van der Waals surface area contributed by atoms with Gasteiger partial charge in [-0.25, -0.2) is 4.98 Å². The van der Waals surface area contributed by atoms with E-state index in [1.54, 1.807) is 19.3 Å². The predicted octanol–water partition coefficient (Wildman–Crippen LogP) is 5.97. The van der Waals surface area contributed by atoms with Crippen LogP contribution in [0.25, 0.3) is 22.2 Å². The van der Waals surface area contributed by atoms with Gasteiger partial charge in [-0.1, -0.05) is 52.3 Å². The molecule has 1 amide bonds. The summed E-state index contributed by atoms with van der Waals surface area (Å²) in [5.74, 6) is -1.47. The molecule has 2 aromatic carbocycles. The van der Waals surface area contributed by atoms with Crippen LogP contribution >= 0.6 is 15.9 Å². The van der Waals surface area contributed by atoms with E-state index in [-0.39, 0.29) is 11.5 Å². The van der Waals surface area contributed by atoms with E-state index in [9.17, 15) is 19.5 Å². The summed E-state index contributed by atoms with van der Waals surface area (Å²) in [6, 6.07) is 19.1. The van der Waals surface area contributed by atoms with Crippen molar-refractivity contribution in [2.24, 2.45) is 12.5 Å². The zero-order chi connectivity index (χ0) is 28.2. The van der Waals surface area contributed by atoms with Crippen LogP contribution in [0.1, 0.15) is 59.5 Å². The van der Waals surface area contributed by atoms with E-state index < -0.39 is 22.8 Å². The average Bonchev–Trinajstić information content (AvgIpc) is 2.95. The Hall–Kier alpha value is -3.78. The fourth-order valence-electron chi connectivity index (χ4n) is 6.91. The monoisotopic (exact) mass is 599 g/mol. The van der Waals surface area contributed by atoms with E-state index in [1.807, 2.05) is 61.5 Å². The number of amides is 1. The van der Waals surface area contributed by atoms with Crippen LogP contribution in [0, 0.1) is 12.3 Å². The fourth-order valence-corrected chi connectivity index (χ4v) is 7.27. The highest BCUT2D eigenvalue weighted by molar-refractivity contribution is 9.10. The maximum Gasteiger partial charge on any atom is 0.309 e. The van der Waals surface area contributed by atoms with Crippen LogP contribution in [-0.4, -0.2) is 32.1 Å². The Morgan fingerprint density at radius 1 is 1.05 bits per heavy atom. The van der Waals surface area contributed by atoms with Gasteiger partial charge in [0.05, 0.1) is 22.2 Å². The topological polar surface area (TPSA) is 101 Å². The highest BCUT2D eigenvalue weighted by Crippen LogP contribution is 2.58. The van der Waals surface area contributed by atoms with Crippen LogP contribution in [0.2, 0.25) is 0 Å². The summed E-state index contributed by atoms with van der Waals surface area (Å²) in [5, 5.41) is 14.3. The number of carbonyl (C=O) groups is 2. The Balaban J connectivity index is 1.49. The number of pyridine rings is 2. The third-order valence-corrected chi connectivity index (χ3v) is 9.66.